The Balaban J connectivity index is 1.98. The molecule has 2 aromatic rings. The van der Waals surface area contributed by atoms with Gasteiger partial charge in [0.15, 0.2) is 0 Å². The molecule has 0 amide bonds. The molecule has 0 unspecified atom stereocenters. The lowest BCUT2D eigenvalue weighted by Crippen LogP contribution is -2.29. The van der Waals surface area contributed by atoms with Gasteiger partial charge in [-0.3, -0.25) is 10.1 Å². The van der Waals surface area contributed by atoms with Gasteiger partial charge in [-0.1, -0.05) is 23.7 Å². The van der Waals surface area contributed by atoms with Crippen LogP contribution in [0.25, 0.3) is 0 Å². The molecule has 7 nitrogen and oxygen atoms in total. The minimum atomic E-state index is -4.05. The Labute approximate surface area is 142 Å². The zero-order valence-corrected chi connectivity index (χ0v) is 13.8. The molecule has 0 saturated heterocycles. The van der Waals surface area contributed by atoms with Crippen molar-refractivity contribution in [2.45, 2.75) is 4.90 Å². The molecule has 0 bridgehead atoms. The number of nitro benzene ring substituents is 1. The van der Waals surface area contributed by atoms with Gasteiger partial charge in [-0.05, 0) is 24.3 Å². The number of anilines is 1. The van der Waals surface area contributed by atoms with Gasteiger partial charge in [-0.25, -0.2) is 17.5 Å². The summed E-state index contributed by atoms with van der Waals surface area (Å²) in [6.45, 7) is -0.00423. The molecule has 2 aromatic carbocycles. The molecule has 0 aliphatic rings. The molecule has 0 radical (unpaired) electrons. The van der Waals surface area contributed by atoms with E-state index in [1.807, 2.05) is 0 Å². The molecule has 0 saturated carbocycles. The van der Waals surface area contributed by atoms with E-state index in [0.717, 1.165) is 12.1 Å². The molecule has 0 atom stereocenters. The summed E-state index contributed by atoms with van der Waals surface area (Å²) < 4.78 is 39.9. The quantitative estimate of drug-likeness (QED) is 0.441. The molecule has 0 aliphatic heterocycles. The van der Waals surface area contributed by atoms with Crippen molar-refractivity contribution < 1.29 is 17.7 Å². The highest BCUT2D eigenvalue weighted by Gasteiger charge is 2.19. The highest BCUT2D eigenvalue weighted by Crippen LogP contribution is 2.22. The maximum atomic E-state index is 13.7. The molecule has 0 spiro atoms. The first-order valence-corrected chi connectivity index (χ1v) is 8.59. The van der Waals surface area contributed by atoms with Crippen LogP contribution < -0.4 is 10.0 Å². The van der Waals surface area contributed by atoms with Crippen LogP contribution in [0, 0.1) is 15.9 Å². The number of benzene rings is 2. The largest absolute Gasteiger partial charge is 0.378 e. The van der Waals surface area contributed by atoms with Gasteiger partial charge >= 0.3 is 0 Å². The van der Waals surface area contributed by atoms with E-state index in [1.54, 1.807) is 6.07 Å². The number of rotatable bonds is 7. The van der Waals surface area contributed by atoms with Crippen molar-refractivity contribution in [3.8, 4) is 0 Å². The molecule has 128 valence electrons. The minimum absolute atomic E-state index is 0.0826. The lowest BCUT2D eigenvalue weighted by atomic mass is 10.2. The fraction of sp³-hybridized carbons (Fsp3) is 0.143. The molecule has 2 rings (SSSR count). The maximum Gasteiger partial charge on any atom is 0.292 e. The molecule has 0 aliphatic carbocycles. The number of nitro groups is 1. The first-order valence-electron chi connectivity index (χ1n) is 6.73. The third kappa shape index (κ3) is 4.40. The second-order valence-electron chi connectivity index (χ2n) is 4.67. The zero-order chi connectivity index (χ0) is 17.7. The van der Waals surface area contributed by atoms with Crippen LogP contribution in [-0.4, -0.2) is 26.4 Å². The molecule has 2 N–H and O–H groups in total. The normalized spacial score (nSPS) is 11.2. The van der Waals surface area contributed by atoms with Gasteiger partial charge in [0.05, 0.1) is 4.92 Å². The number of para-hydroxylation sites is 2. The van der Waals surface area contributed by atoms with E-state index in [-0.39, 0.29) is 29.5 Å². The summed E-state index contributed by atoms with van der Waals surface area (Å²) in [6, 6.07) is 9.21. The van der Waals surface area contributed by atoms with Crippen LogP contribution in [0.4, 0.5) is 15.8 Å². The van der Waals surface area contributed by atoms with Crippen molar-refractivity contribution in [2.24, 2.45) is 0 Å². The predicted octanol–water partition coefficient (Wildman–Crippen LogP) is 2.78. The number of nitrogens with one attached hydrogen (secondary N) is 2. The van der Waals surface area contributed by atoms with Crippen molar-refractivity contribution in [1.82, 2.24) is 4.72 Å². The number of hydrogen-bond donors (Lipinski definition) is 2. The van der Waals surface area contributed by atoms with E-state index in [4.69, 9.17) is 11.6 Å². The molecule has 24 heavy (non-hydrogen) atoms. The zero-order valence-electron chi connectivity index (χ0n) is 12.2. The van der Waals surface area contributed by atoms with Crippen LogP contribution in [-0.2, 0) is 10.0 Å². The standard InChI is InChI=1S/C14H13ClFN3O4S/c15-10-5-6-14(11(16)9-10)24(22,23)18-8-7-17-12-3-1-2-4-13(12)19(20)21/h1-6,9,17-18H,7-8H2. The Morgan fingerprint density at radius 1 is 1.17 bits per heavy atom. The van der Waals surface area contributed by atoms with Crippen LogP contribution in [0.3, 0.4) is 0 Å². The summed E-state index contributed by atoms with van der Waals surface area (Å²) >= 11 is 5.58. The summed E-state index contributed by atoms with van der Waals surface area (Å²) in [5, 5.41) is 13.7. The lowest BCUT2D eigenvalue weighted by Gasteiger charge is -2.09. The molecule has 10 heteroatoms. The average molecular weight is 374 g/mol. The number of nitrogens with zero attached hydrogens (tertiary/aromatic N) is 1. The third-order valence-corrected chi connectivity index (χ3v) is 4.75. The first-order chi connectivity index (χ1) is 11.3. The minimum Gasteiger partial charge on any atom is -0.378 e. The Morgan fingerprint density at radius 3 is 2.54 bits per heavy atom. The summed E-state index contributed by atoms with van der Waals surface area (Å²) in [4.78, 5) is 9.80. The van der Waals surface area contributed by atoms with Crippen LogP contribution in [0.15, 0.2) is 47.4 Å². The van der Waals surface area contributed by atoms with E-state index in [0.29, 0.717) is 0 Å². The van der Waals surface area contributed by atoms with Crippen LogP contribution in [0.1, 0.15) is 0 Å². The second-order valence-corrected chi connectivity index (χ2v) is 6.85. The van der Waals surface area contributed by atoms with Crippen molar-refractivity contribution >= 4 is 33.0 Å². The van der Waals surface area contributed by atoms with E-state index >= 15 is 0 Å². The van der Waals surface area contributed by atoms with E-state index in [2.05, 4.69) is 10.0 Å². The summed E-state index contributed by atoms with van der Waals surface area (Å²) in [7, 11) is -4.05. The third-order valence-electron chi connectivity index (χ3n) is 3.02. The van der Waals surface area contributed by atoms with Gasteiger partial charge < -0.3 is 5.32 Å². The number of halogens is 2. The topological polar surface area (TPSA) is 101 Å². The van der Waals surface area contributed by atoms with Gasteiger partial charge in [0.1, 0.15) is 16.4 Å². The first kappa shape index (κ1) is 18.1. The fourth-order valence-corrected chi connectivity index (χ4v) is 3.18. The van der Waals surface area contributed by atoms with Crippen molar-refractivity contribution in [1.29, 1.82) is 0 Å². The van der Waals surface area contributed by atoms with Crippen molar-refractivity contribution in [2.75, 3.05) is 18.4 Å². The summed E-state index contributed by atoms with van der Waals surface area (Å²) in [5.41, 5.74) is 0.142. The highest BCUT2D eigenvalue weighted by molar-refractivity contribution is 7.89. The Kier molecular flexibility index (Phi) is 5.71. The molecule has 0 fully saturated rings. The Bertz CT molecular complexity index is 861. The second kappa shape index (κ2) is 7.56. The van der Waals surface area contributed by atoms with Gasteiger partial charge in [0, 0.05) is 24.2 Å². The van der Waals surface area contributed by atoms with Crippen LogP contribution in [0.2, 0.25) is 5.02 Å². The maximum absolute atomic E-state index is 13.7. The molecular weight excluding hydrogens is 361 g/mol. The molecule has 0 heterocycles. The Hall–Kier alpha value is -2.23. The summed E-state index contributed by atoms with van der Waals surface area (Å²) in [6.07, 6.45) is 0. The van der Waals surface area contributed by atoms with Crippen molar-refractivity contribution in [3.63, 3.8) is 0 Å². The SMILES string of the molecule is O=[N+]([O-])c1ccccc1NCCNS(=O)(=O)c1ccc(Cl)cc1F. The molecular formula is C14H13ClFN3O4S. The van der Waals surface area contributed by atoms with E-state index < -0.39 is 25.7 Å². The number of hydrogen-bond acceptors (Lipinski definition) is 5. The summed E-state index contributed by atoms with van der Waals surface area (Å²) in [5.74, 6) is -0.957. The predicted molar refractivity (Wildman–Crippen MR) is 88.2 cm³/mol. The Morgan fingerprint density at radius 2 is 1.88 bits per heavy atom. The smallest absolute Gasteiger partial charge is 0.292 e. The van der Waals surface area contributed by atoms with E-state index in [1.165, 1.54) is 24.3 Å². The lowest BCUT2D eigenvalue weighted by molar-refractivity contribution is -0.384. The number of sulfonamides is 1. The monoisotopic (exact) mass is 373 g/mol. The van der Waals surface area contributed by atoms with Gasteiger partial charge in [0.2, 0.25) is 10.0 Å². The van der Waals surface area contributed by atoms with E-state index in [9.17, 15) is 22.9 Å². The molecule has 0 aromatic heterocycles. The van der Waals surface area contributed by atoms with Gasteiger partial charge in [-0.15, -0.1) is 0 Å². The van der Waals surface area contributed by atoms with Gasteiger partial charge in [-0.2, -0.15) is 0 Å². The fourth-order valence-electron chi connectivity index (χ4n) is 1.94. The van der Waals surface area contributed by atoms with Crippen LogP contribution in [0.5, 0.6) is 0 Å². The van der Waals surface area contributed by atoms with Crippen LogP contribution >= 0.6 is 11.6 Å². The van der Waals surface area contributed by atoms with Gasteiger partial charge in [0.25, 0.3) is 5.69 Å². The van der Waals surface area contributed by atoms with Crippen molar-refractivity contribution in [3.05, 3.63) is 63.4 Å². The highest BCUT2D eigenvalue weighted by atomic mass is 35.5. The average Bonchev–Trinajstić information content (AvgIpc) is 2.51.